The highest BCUT2D eigenvalue weighted by molar-refractivity contribution is 7.66. The molecular formula is C10H14N3O15P3. The van der Waals surface area contributed by atoms with Crippen LogP contribution in [0.5, 0.6) is 0 Å². The van der Waals surface area contributed by atoms with Gasteiger partial charge in [0.05, 0.1) is 6.61 Å². The Kier molecular flexibility index (Phi) is 7.58. The fraction of sp³-hybridized carbons (Fsp3) is 0.500. The van der Waals surface area contributed by atoms with Gasteiger partial charge in [-0.3, -0.25) is 18.9 Å². The predicted octanol–water partition coefficient (Wildman–Crippen LogP) is -2.63. The van der Waals surface area contributed by atoms with Gasteiger partial charge in [-0.1, -0.05) is 0 Å². The van der Waals surface area contributed by atoms with Crippen molar-refractivity contribution in [1.82, 2.24) is 9.55 Å². The van der Waals surface area contributed by atoms with Crippen molar-refractivity contribution in [2.24, 2.45) is 0 Å². The molecule has 0 bridgehead atoms. The van der Waals surface area contributed by atoms with Gasteiger partial charge >= 0.3 is 29.2 Å². The summed E-state index contributed by atoms with van der Waals surface area (Å²) in [7, 11) is -16.9. The Morgan fingerprint density at radius 2 is 1.71 bits per heavy atom. The van der Waals surface area contributed by atoms with Crippen LogP contribution in [0.4, 0.5) is 0 Å². The van der Waals surface area contributed by atoms with Crippen LogP contribution < -0.4 is 11.2 Å². The van der Waals surface area contributed by atoms with E-state index in [0.29, 0.717) is 4.57 Å². The molecule has 21 heteroatoms. The van der Waals surface area contributed by atoms with E-state index in [-0.39, 0.29) is 0 Å². The van der Waals surface area contributed by atoms with Crippen molar-refractivity contribution in [2.45, 2.75) is 24.5 Å². The fourth-order valence-corrected chi connectivity index (χ4v) is 5.35. The number of aliphatic hydroxyl groups excluding tert-OH is 2. The standard InChI is InChI=1S/C10H14N3O15P3/c11-1-4-2-13(10(17)12-8(4)16)9-7(15)6(14)5(26-9)3-25-30(21,22)28-31(23,24)27-29(18,19)20/h2,5-7,9,14-15H,3H2,(H,21,22)(H,23,24)(H,12,16,17)(H2,18,19,20)/t5-,6-,7-,9-/m1/s1. The summed E-state index contributed by atoms with van der Waals surface area (Å²) in [5, 5.41) is 28.9. The summed E-state index contributed by atoms with van der Waals surface area (Å²) in [5.74, 6) is 0. The van der Waals surface area contributed by atoms with E-state index in [1.807, 2.05) is 0 Å². The van der Waals surface area contributed by atoms with Crippen molar-refractivity contribution in [3.05, 3.63) is 32.6 Å². The van der Waals surface area contributed by atoms with Gasteiger partial charge in [0.15, 0.2) is 6.23 Å². The zero-order chi connectivity index (χ0) is 23.8. The van der Waals surface area contributed by atoms with Crippen molar-refractivity contribution in [2.75, 3.05) is 6.61 Å². The summed E-state index contributed by atoms with van der Waals surface area (Å²) in [6, 6.07) is 1.47. The van der Waals surface area contributed by atoms with Crippen LogP contribution in [0, 0.1) is 11.3 Å². The zero-order valence-electron chi connectivity index (χ0n) is 14.7. The zero-order valence-corrected chi connectivity index (χ0v) is 17.4. The van der Waals surface area contributed by atoms with Crippen LogP contribution in [0.25, 0.3) is 0 Å². The Hall–Kier alpha value is -1.54. The Balaban J connectivity index is 2.13. The molecule has 1 saturated heterocycles. The van der Waals surface area contributed by atoms with E-state index in [1.165, 1.54) is 6.07 Å². The minimum absolute atomic E-state index is 0.540. The van der Waals surface area contributed by atoms with Crippen molar-refractivity contribution >= 4 is 23.5 Å². The summed E-state index contributed by atoms with van der Waals surface area (Å²) in [6.07, 6.45) is -6.37. The predicted molar refractivity (Wildman–Crippen MR) is 91.8 cm³/mol. The normalized spacial score (nSPS) is 27.9. The molecule has 1 aliphatic rings. The molecule has 0 aromatic carbocycles. The quantitative estimate of drug-likeness (QED) is 0.176. The number of aliphatic hydroxyl groups is 2. The number of nitrogens with zero attached hydrogens (tertiary/aromatic N) is 2. The smallest absolute Gasteiger partial charge is 0.387 e. The molecule has 18 nitrogen and oxygen atoms in total. The van der Waals surface area contributed by atoms with Gasteiger partial charge in [0.25, 0.3) is 5.56 Å². The lowest BCUT2D eigenvalue weighted by atomic mass is 10.1. The highest BCUT2D eigenvalue weighted by atomic mass is 31.3. The van der Waals surface area contributed by atoms with Crippen LogP contribution in [0.3, 0.4) is 0 Å². The Morgan fingerprint density at radius 3 is 2.26 bits per heavy atom. The van der Waals surface area contributed by atoms with Crippen LogP contribution >= 0.6 is 23.5 Å². The van der Waals surface area contributed by atoms with E-state index in [2.05, 4.69) is 13.1 Å². The first-order valence-electron chi connectivity index (χ1n) is 7.61. The summed E-state index contributed by atoms with van der Waals surface area (Å²) >= 11 is 0. The highest BCUT2D eigenvalue weighted by Crippen LogP contribution is 2.66. The number of H-pyrrole nitrogens is 1. The molecule has 31 heavy (non-hydrogen) atoms. The van der Waals surface area contributed by atoms with E-state index in [9.17, 15) is 38.4 Å². The van der Waals surface area contributed by atoms with E-state index in [4.69, 9.17) is 24.7 Å². The molecule has 1 aromatic rings. The Morgan fingerprint density at radius 1 is 1.10 bits per heavy atom. The third kappa shape index (κ3) is 6.72. The van der Waals surface area contributed by atoms with Gasteiger partial charge in [-0.2, -0.15) is 13.9 Å². The molecule has 0 spiro atoms. The molecule has 0 amide bonds. The summed E-state index contributed by atoms with van der Waals surface area (Å²) < 4.78 is 50.5. The highest BCUT2D eigenvalue weighted by Gasteiger charge is 2.46. The first-order chi connectivity index (χ1) is 14.1. The van der Waals surface area contributed by atoms with E-state index < -0.39 is 71.4 Å². The number of aromatic amines is 1. The molecule has 1 aromatic heterocycles. The minimum Gasteiger partial charge on any atom is -0.387 e. The molecule has 174 valence electrons. The van der Waals surface area contributed by atoms with Crippen molar-refractivity contribution in [3.63, 3.8) is 0 Å². The largest absolute Gasteiger partial charge is 0.490 e. The third-order valence-electron chi connectivity index (χ3n) is 3.52. The lowest BCUT2D eigenvalue weighted by Crippen LogP contribution is -2.38. The van der Waals surface area contributed by atoms with Gasteiger partial charge in [-0.25, -0.2) is 18.5 Å². The van der Waals surface area contributed by atoms with Crippen molar-refractivity contribution in [3.8, 4) is 6.07 Å². The molecule has 6 atom stereocenters. The molecule has 2 heterocycles. The van der Waals surface area contributed by atoms with Crippen LogP contribution in [-0.2, 0) is 31.6 Å². The second-order valence-corrected chi connectivity index (χ2v) is 10.2. The topological polar surface area (TPSA) is 288 Å². The molecular weight excluding hydrogens is 495 g/mol. The first kappa shape index (κ1) is 25.7. The third-order valence-corrected chi connectivity index (χ3v) is 7.32. The first-order valence-corrected chi connectivity index (χ1v) is 12.1. The number of hydrogen-bond donors (Lipinski definition) is 7. The van der Waals surface area contributed by atoms with Crippen LogP contribution in [0.15, 0.2) is 15.8 Å². The van der Waals surface area contributed by atoms with Crippen LogP contribution in [0.1, 0.15) is 11.8 Å². The molecule has 2 rings (SSSR count). The SMILES string of the molecule is N#Cc1cn([C@@H]2O[C@H](COP(=O)(O)OP(=O)(O)OP(=O)(O)O)[C@@H](O)[C@H]2O)c(=O)[nH]c1=O. The lowest BCUT2D eigenvalue weighted by Gasteiger charge is -2.19. The maximum absolute atomic E-state index is 11.9. The molecule has 0 aliphatic carbocycles. The van der Waals surface area contributed by atoms with Gasteiger partial charge in [-0.15, -0.1) is 0 Å². The van der Waals surface area contributed by atoms with E-state index in [1.54, 1.807) is 4.98 Å². The molecule has 7 N–H and O–H groups in total. The van der Waals surface area contributed by atoms with Gasteiger partial charge in [0.2, 0.25) is 0 Å². The van der Waals surface area contributed by atoms with E-state index in [0.717, 1.165) is 6.20 Å². The second kappa shape index (κ2) is 9.14. The number of rotatable bonds is 8. The molecule has 1 fully saturated rings. The maximum atomic E-state index is 11.9. The Bertz CT molecular complexity index is 1130. The molecule has 0 saturated carbocycles. The van der Waals surface area contributed by atoms with Gasteiger partial charge < -0.3 is 34.5 Å². The number of hydrogen-bond acceptors (Lipinski definition) is 12. The number of phosphoric ester groups is 1. The lowest BCUT2D eigenvalue weighted by molar-refractivity contribution is -0.0542. The summed E-state index contributed by atoms with van der Waals surface area (Å²) in [4.78, 5) is 60.4. The number of aromatic nitrogens is 2. The second-order valence-electron chi connectivity index (χ2n) is 5.75. The van der Waals surface area contributed by atoms with Crippen LogP contribution in [-0.4, -0.2) is 64.3 Å². The number of phosphoric acid groups is 3. The van der Waals surface area contributed by atoms with Crippen LogP contribution in [0.2, 0.25) is 0 Å². The summed E-state index contributed by atoms with van der Waals surface area (Å²) in [5.41, 5.74) is -2.70. The minimum atomic E-state index is -5.77. The molecule has 1 aliphatic heterocycles. The average molecular weight is 509 g/mol. The van der Waals surface area contributed by atoms with Crippen molar-refractivity contribution in [1.29, 1.82) is 5.26 Å². The summed E-state index contributed by atoms with van der Waals surface area (Å²) in [6.45, 7) is -1.11. The van der Waals surface area contributed by atoms with E-state index >= 15 is 0 Å². The van der Waals surface area contributed by atoms with Gasteiger partial charge in [0.1, 0.15) is 29.9 Å². The monoisotopic (exact) mass is 509 g/mol. The van der Waals surface area contributed by atoms with Gasteiger partial charge in [0, 0.05) is 6.20 Å². The Labute approximate surface area is 170 Å². The number of ether oxygens (including phenoxy) is 1. The fourth-order valence-electron chi connectivity index (χ4n) is 2.32. The number of nitriles is 1. The van der Waals surface area contributed by atoms with Crippen molar-refractivity contribution < 1.29 is 61.4 Å². The molecule has 2 unspecified atom stereocenters. The number of nitrogens with one attached hydrogen (secondary N) is 1. The maximum Gasteiger partial charge on any atom is 0.490 e. The van der Waals surface area contributed by atoms with Gasteiger partial charge in [-0.05, 0) is 0 Å². The average Bonchev–Trinajstić information content (AvgIpc) is 2.85. The molecule has 0 radical (unpaired) electrons.